The molecule has 0 radical (unpaired) electrons. The molecule has 0 saturated heterocycles. The van der Waals surface area contributed by atoms with Gasteiger partial charge in [0.05, 0.1) is 11.5 Å². The van der Waals surface area contributed by atoms with Crippen molar-refractivity contribution in [1.29, 1.82) is 5.26 Å². The predicted octanol–water partition coefficient (Wildman–Crippen LogP) is 4.96. The maximum atomic E-state index is 12.7. The summed E-state index contributed by atoms with van der Waals surface area (Å²) >= 11 is 5.83. The number of ether oxygens (including phenoxy) is 1. The summed E-state index contributed by atoms with van der Waals surface area (Å²) in [6, 6.07) is 16.5. The fraction of sp³-hybridized carbons (Fsp3) is 0.0833. The summed E-state index contributed by atoms with van der Waals surface area (Å²) in [5.74, 6) is -0.748. The van der Waals surface area contributed by atoms with Gasteiger partial charge in [-0.15, -0.1) is 0 Å². The smallest absolute Gasteiger partial charge is 0.339 e. The SMILES string of the molecule is CCOc1cc(/C=C(/C#N)C(=O)Nc2ccc(Cl)cc2)ccc1OS(=O)(=O)c1ccc([N+](=O)[O-])cc1. The first-order chi connectivity index (χ1) is 17.1. The Bertz CT molecular complexity index is 1460. The highest BCUT2D eigenvalue weighted by atomic mass is 35.5. The Morgan fingerprint density at radius 3 is 2.36 bits per heavy atom. The fourth-order valence-electron chi connectivity index (χ4n) is 2.90. The molecule has 0 atom stereocenters. The van der Waals surface area contributed by atoms with Crippen LogP contribution in [0.15, 0.2) is 77.2 Å². The third-order valence-corrected chi connectivity index (χ3v) is 6.08. The summed E-state index contributed by atoms with van der Waals surface area (Å²) < 4.78 is 36.0. The minimum atomic E-state index is -4.33. The average Bonchev–Trinajstić information content (AvgIpc) is 2.85. The zero-order chi connectivity index (χ0) is 26.3. The van der Waals surface area contributed by atoms with Gasteiger partial charge in [-0.1, -0.05) is 17.7 Å². The van der Waals surface area contributed by atoms with Crippen LogP contribution in [0.1, 0.15) is 12.5 Å². The number of anilines is 1. The van der Waals surface area contributed by atoms with Crippen LogP contribution >= 0.6 is 11.6 Å². The number of rotatable bonds is 9. The number of nitriles is 1. The van der Waals surface area contributed by atoms with Crippen LogP contribution in [0, 0.1) is 21.4 Å². The summed E-state index contributed by atoms with van der Waals surface area (Å²) in [6.45, 7) is 1.85. The maximum Gasteiger partial charge on any atom is 0.339 e. The third kappa shape index (κ3) is 6.59. The van der Waals surface area contributed by atoms with Crippen molar-refractivity contribution in [3.63, 3.8) is 0 Å². The number of nitro groups is 1. The van der Waals surface area contributed by atoms with Crippen molar-refractivity contribution in [1.82, 2.24) is 0 Å². The van der Waals surface area contributed by atoms with Crippen LogP contribution in [0.5, 0.6) is 11.5 Å². The predicted molar refractivity (Wildman–Crippen MR) is 132 cm³/mol. The van der Waals surface area contributed by atoms with Gasteiger partial charge in [0, 0.05) is 22.8 Å². The molecule has 3 aromatic rings. The van der Waals surface area contributed by atoms with Crippen molar-refractivity contribution >= 4 is 45.1 Å². The van der Waals surface area contributed by atoms with Crippen LogP contribution in [0.25, 0.3) is 6.08 Å². The van der Waals surface area contributed by atoms with Gasteiger partial charge < -0.3 is 14.2 Å². The quantitative estimate of drug-likeness (QED) is 0.135. The molecule has 0 saturated carbocycles. The molecule has 0 aliphatic carbocycles. The van der Waals surface area contributed by atoms with E-state index in [1.165, 1.54) is 24.3 Å². The fourth-order valence-corrected chi connectivity index (χ4v) is 3.97. The number of halogens is 1. The van der Waals surface area contributed by atoms with Gasteiger partial charge in [-0.25, -0.2) is 0 Å². The molecule has 1 N–H and O–H groups in total. The van der Waals surface area contributed by atoms with E-state index >= 15 is 0 Å². The van der Waals surface area contributed by atoms with E-state index in [1.807, 2.05) is 6.07 Å². The van der Waals surface area contributed by atoms with Crippen molar-refractivity contribution in [2.45, 2.75) is 11.8 Å². The van der Waals surface area contributed by atoms with Crippen molar-refractivity contribution in [3.05, 3.63) is 93.0 Å². The number of hydrogen-bond acceptors (Lipinski definition) is 8. The van der Waals surface area contributed by atoms with Gasteiger partial charge in [-0.05, 0) is 67.1 Å². The van der Waals surface area contributed by atoms with E-state index in [1.54, 1.807) is 31.2 Å². The molecule has 3 rings (SSSR count). The Morgan fingerprint density at radius 1 is 1.11 bits per heavy atom. The van der Waals surface area contributed by atoms with E-state index in [0.717, 1.165) is 24.3 Å². The number of non-ortho nitro benzene ring substituents is 1. The molecule has 184 valence electrons. The van der Waals surface area contributed by atoms with Gasteiger partial charge in [0.2, 0.25) is 0 Å². The van der Waals surface area contributed by atoms with Gasteiger partial charge in [0.15, 0.2) is 11.5 Å². The van der Waals surface area contributed by atoms with Gasteiger partial charge in [-0.2, -0.15) is 13.7 Å². The number of amides is 1. The number of carbonyl (C=O) groups is 1. The summed E-state index contributed by atoms with van der Waals surface area (Å²) in [5.41, 5.74) is 0.343. The molecule has 10 nitrogen and oxygen atoms in total. The number of nitrogens with one attached hydrogen (secondary N) is 1. The second kappa shape index (κ2) is 11.4. The molecule has 0 bridgehead atoms. The van der Waals surface area contributed by atoms with Crippen molar-refractivity contribution in [3.8, 4) is 17.6 Å². The number of carbonyl (C=O) groups excluding carboxylic acids is 1. The zero-order valence-corrected chi connectivity index (χ0v) is 20.2. The lowest BCUT2D eigenvalue weighted by Gasteiger charge is -2.13. The first-order valence-corrected chi connectivity index (χ1v) is 12.1. The molecular weight excluding hydrogens is 510 g/mol. The topological polar surface area (TPSA) is 149 Å². The third-order valence-electron chi connectivity index (χ3n) is 4.58. The van der Waals surface area contributed by atoms with Crippen molar-refractivity contribution in [2.75, 3.05) is 11.9 Å². The molecule has 0 fully saturated rings. The highest BCUT2D eigenvalue weighted by molar-refractivity contribution is 7.87. The Kier molecular flexibility index (Phi) is 8.26. The van der Waals surface area contributed by atoms with Gasteiger partial charge in [0.1, 0.15) is 16.5 Å². The van der Waals surface area contributed by atoms with Crippen molar-refractivity contribution < 1.29 is 27.1 Å². The number of benzene rings is 3. The first kappa shape index (κ1) is 26.2. The standard InChI is InChI=1S/C24H18ClN3O7S/c1-2-34-23-14-16(13-17(15-26)24(29)27-19-6-4-18(25)5-7-19)3-12-22(23)35-36(32,33)21-10-8-20(9-11-21)28(30)31/h3-14H,2H2,1H3,(H,27,29)/b17-13-. The molecular formula is C24H18ClN3O7S. The van der Waals surface area contributed by atoms with Crippen LogP contribution in [0.4, 0.5) is 11.4 Å². The zero-order valence-electron chi connectivity index (χ0n) is 18.7. The minimum absolute atomic E-state index is 0.0483. The molecule has 0 heterocycles. The molecule has 0 aliphatic rings. The Morgan fingerprint density at radius 2 is 1.78 bits per heavy atom. The first-order valence-electron chi connectivity index (χ1n) is 10.3. The lowest BCUT2D eigenvalue weighted by Crippen LogP contribution is -2.13. The highest BCUT2D eigenvalue weighted by Crippen LogP contribution is 2.32. The molecule has 0 unspecified atom stereocenters. The van der Waals surface area contributed by atoms with E-state index in [9.17, 15) is 28.6 Å². The van der Waals surface area contributed by atoms with Gasteiger partial charge in [0.25, 0.3) is 11.6 Å². The number of nitro benzene ring substituents is 1. The van der Waals surface area contributed by atoms with Gasteiger partial charge in [-0.3, -0.25) is 14.9 Å². The summed E-state index contributed by atoms with van der Waals surface area (Å²) in [5, 5.41) is 23.3. The lowest BCUT2D eigenvalue weighted by molar-refractivity contribution is -0.384. The van der Waals surface area contributed by atoms with E-state index in [2.05, 4.69) is 5.32 Å². The Hall–Kier alpha value is -4.40. The van der Waals surface area contributed by atoms with Crippen LogP contribution in [0.2, 0.25) is 5.02 Å². The molecule has 3 aromatic carbocycles. The molecule has 12 heteroatoms. The Balaban J connectivity index is 1.86. The summed E-state index contributed by atoms with van der Waals surface area (Å²) in [7, 11) is -4.33. The number of hydrogen-bond donors (Lipinski definition) is 1. The Labute approximate surface area is 211 Å². The van der Waals surface area contributed by atoms with E-state index in [-0.39, 0.29) is 34.3 Å². The highest BCUT2D eigenvalue weighted by Gasteiger charge is 2.21. The second-order valence-electron chi connectivity index (χ2n) is 7.06. The second-order valence-corrected chi connectivity index (χ2v) is 9.04. The van der Waals surface area contributed by atoms with Crippen LogP contribution in [0.3, 0.4) is 0 Å². The normalized spacial score (nSPS) is 11.3. The van der Waals surface area contributed by atoms with Gasteiger partial charge >= 0.3 is 10.1 Å². The molecule has 0 aliphatic heterocycles. The van der Waals surface area contributed by atoms with E-state index < -0.39 is 20.9 Å². The molecule has 36 heavy (non-hydrogen) atoms. The molecule has 0 aromatic heterocycles. The van der Waals surface area contributed by atoms with Crippen LogP contribution < -0.4 is 14.2 Å². The summed E-state index contributed by atoms with van der Waals surface area (Å²) in [6.07, 6.45) is 1.31. The van der Waals surface area contributed by atoms with Crippen LogP contribution in [-0.4, -0.2) is 25.9 Å². The average molecular weight is 528 g/mol. The largest absolute Gasteiger partial charge is 0.490 e. The van der Waals surface area contributed by atoms with E-state index in [4.69, 9.17) is 20.5 Å². The minimum Gasteiger partial charge on any atom is -0.490 e. The molecule has 0 spiro atoms. The lowest BCUT2D eigenvalue weighted by atomic mass is 10.1. The van der Waals surface area contributed by atoms with Crippen molar-refractivity contribution in [2.24, 2.45) is 0 Å². The van der Waals surface area contributed by atoms with Crippen LogP contribution in [-0.2, 0) is 14.9 Å². The maximum absolute atomic E-state index is 12.7. The van der Waals surface area contributed by atoms with E-state index in [0.29, 0.717) is 16.3 Å². The molecule has 1 amide bonds. The summed E-state index contributed by atoms with van der Waals surface area (Å²) in [4.78, 5) is 22.4. The monoisotopic (exact) mass is 527 g/mol. The number of nitrogens with zero attached hydrogens (tertiary/aromatic N) is 2.